The lowest BCUT2D eigenvalue weighted by Crippen LogP contribution is -2.23. The second-order valence-electron chi connectivity index (χ2n) is 3.42. The second kappa shape index (κ2) is 4.94. The van der Waals surface area contributed by atoms with Crippen LogP contribution in [-0.2, 0) is 6.54 Å². The van der Waals surface area contributed by atoms with Crippen LogP contribution in [0.2, 0.25) is 0 Å². The third-order valence-electron chi connectivity index (χ3n) is 2.21. The van der Waals surface area contributed by atoms with Crippen LogP contribution in [0.3, 0.4) is 0 Å². The predicted molar refractivity (Wildman–Crippen MR) is 60.9 cm³/mol. The number of carbonyl (C=O) groups excluding carboxylic acids is 1. The van der Waals surface area contributed by atoms with Gasteiger partial charge in [0.2, 0.25) is 0 Å². The van der Waals surface area contributed by atoms with Crippen molar-refractivity contribution in [3.63, 3.8) is 0 Å². The average molecular weight is 226 g/mol. The lowest BCUT2D eigenvalue weighted by Gasteiger charge is -2.02. The number of carbonyl (C=O) groups is 1. The van der Waals surface area contributed by atoms with E-state index in [0.29, 0.717) is 6.54 Å². The molecular weight excluding hydrogens is 216 g/mol. The molecule has 0 aliphatic heterocycles. The van der Waals surface area contributed by atoms with E-state index in [9.17, 15) is 4.79 Å². The summed E-state index contributed by atoms with van der Waals surface area (Å²) in [4.78, 5) is 18.5. The summed E-state index contributed by atoms with van der Waals surface area (Å²) in [6, 6.07) is 8.54. The van der Waals surface area contributed by atoms with E-state index in [1.807, 2.05) is 12.1 Å². The van der Waals surface area contributed by atoms with Gasteiger partial charge in [0.15, 0.2) is 0 Å². The van der Waals surface area contributed by atoms with Crippen LogP contribution in [0.15, 0.2) is 36.7 Å². The van der Waals surface area contributed by atoms with Crippen molar-refractivity contribution in [1.29, 1.82) is 5.26 Å². The smallest absolute Gasteiger partial charge is 0.270 e. The Morgan fingerprint density at radius 1 is 1.47 bits per heavy atom. The normalized spacial score (nSPS) is 9.59. The van der Waals surface area contributed by atoms with Crippen molar-refractivity contribution in [2.75, 3.05) is 0 Å². The molecule has 0 aliphatic rings. The van der Waals surface area contributed by atoms with Gasteiger partial charge >= 0.3 is 0 Å². The minimum absolute atomic E-state index is 0.235. The lowest BCUT2D eigenvalue weighted by atomic mass is 10.3. The zero-order valence-corrected chi connectivity index (χ0v) is 8.97. The molecule has 0 radical (unpaired) electrons. The SMILES string of the molecule is N#Cc1cccc(C(=O)NCc2cc[nH]c2)n1. The minimum atomic E-state index is -0.289. The molecule has 5 nitrogen and oxygen atoms in total. The van der Waals surface area contributed by atoms with Gasteiger partial charge in [-0.1, -0.05) is 6.07 Å². The van der Waals surface area contributed by atoms with Crippen molar-refractivity contribution in [2.45, 2.75) is 6.54 Å². The summed E-state index contributed by atoms with van der Waals surface area (Å²) < 4.78 is 0. The predicted octanol–water partition coefficient (Wildman–Crippen LogP) is 1.21. The summed E-state index contributed by atoms with van der Waals surface area (Å²) in [7, 11) is 0. The highest BCUT2D eigenvalue weighted by Gasteiger charge is 2.07. The first-order chi connectivity index (χ1) is 8.29. The van der Waals surface area contributed by atoms with Gasteiger partial charge in [0.05, 0.1) is 0 Å². The summed E-state index contributed by atoms with van der Waals surface area (Å²) in [6.45, 7) is 0.431. The number of nitriles is 1. The maximum Gasteiger partial charge on any atom is 0.270 e. The van der Waals surface area contributed by atoms with Crippen molar-refractivity contribution in [2.24, 2.45) is 0 Å². The number of rotatable bonds is 3. The molecule has 2 heterocycles. The highest BCUT2D eigenvalue weighted by molar-refractivity contribution is 5.92. The Balaban J connectivity index is 2.02. The van der Waals surface area contributed by atoms with Crippen molar-refractivity contribution < 1.29 is 4.79 Å². The molecule has 17 heavy (non-hydrogen) atoms. The first-order valence-corrected chi connectivity index (χ1v) is 5.06. The van der Waals surface area contributed by atoms with Crippen molar-refractivity contribution in [3.8, 4) is 6.07 Å². The molecular formula is C12H10N4O. The van der Waals surface area contributed by atoms with E-state index in [-0.39, 0.29) is 17.3 Å². The molecule has 0 unspecified atom stereocenters. The van der Waals surface area contributed by atoms with Crippen LogP contribution in [0.25, 0.3) is 0 Å². The summed E-state index contributed by atoms with van der Waals surface area (Å²) in [5.74, 6) is -0.289. The number of aromatic amines is 1. The molecule has 0 atom stereocenters. The summed E-state index contributed by atoms with van der Waals surface area (Å²) >= 11 is 0. The second-order valence-corrected chi connectivity index (χ2v) is 3.42. The molecule has 5 heteroatoms. The van der Waals surface area contributed by atoms with E-state index < -0.39 is 0 Å². The molecule has 84 valence electrons. The first-order valence-electron chi connectivity index (χ1n) is 5.06. The molecule has 0 fully saturated rings. The maximum atomic E-state index is 11.7. The molecule has 0 spiro atoms. The molecule has 1 amide bonds. The van der Waals surface area contributed by atoms with Gasteiger partial charge in [-0.2, -0.15) is 5.26 Å². The van der Waals surface area contributed by atoms with E-state index in [0.717, 1.165) is 5.56 Å². The summed E-state index contributed by atoms with van der Waals surface area (Å²) in [5, 5.41) is 11.4. The number of hydrogen-bond acceptors (Lipinski definition) is 3. The number of hydrogen-bond donors (Lipinski definition) is 2. The number of H-pyrrole nitrogens is 1. The molecule has 0 saturated carbocycles. The van der Waals surface area contributed by atoms with Crippen LogP contribution in [0, 0.1) is 11.3 Å². The van der Waals surface area contributed by atoms with Gasteiger partial charge in [0.25, 0.3) is 5.91 Å². The van der Waals surface area contributed by atoms with Crippen LogP contribution in [0.1, 0.15) is 21.7 Å². The van der Waals surface area contributed by atoms with E-state index in [2.05, 4.69) is 15.3 Å². The maximum absolute atomic E-state index is 11.7. The van der Waals surface area contributed by atoms with Gasteiger partial charge in [-0.3, -0.25) is 4.79 Å². The van der Waals surface area contributed by atoms with Crippen LogP contribution >= 0.6 is 0 Å². The van der Waals surface area contributed by atoms with Gasteiger partial charge in [0.1, 0.15) is 17.5 Å². The molecule has 0 aromatic carbocycles. The Bertz CT molecular complexity index is 554. The van der Waals surface area contributed by atoms with Gasteiger partial charge in [-0.05, 0) is 23.8 Å². The fraction of sp³-hybridized carbons (Fsp3) is 0.0833. The van der Waals surface area contributed by atoms with Crippen molar-refractivity contribution >= 4 is 5.91 Å². The minimum Gasteiger partial charge on any atom is -0.367 e. The van der Waals surface area contributed by atoms with Crippen molar-refractivity contribution in [1.82, 2.24) is 15.3 Å². The Kier molecular flexibility index (Phi) is 3.17. The quantitative estimate of drug-likeness (QED) is 0.825. The fourth-order valence-corrected chi connectivity index (χ4v) is 1.36. The fourth-order valence-electron chi connectivity index (χ4n) is 1.36. The monoisotopic (exact) mass is 226 g/mol. The zero-order valence-electron chi connectivity index (χ0n) is 8.97. The average Bonchev–Trinajstić information content (AvgIpc) is 2.89. The van der Waals surface area contributed by atoms with Gasteiger partial charge in [-0.15, -0.1) is 0 Å². The summed E-state index contributed by atoms with van der Waals surface area (Å²) in [5.41, 5.74) is 1.47. The standard InChI is InChI=1S/C12H10N4O/c13-6-10-2-1-3-11(16-10)12(17)15-8-9-4-5-14-7-9/h1-5,7,14H,8H2,(H,15,17). The molecule has 0 bridgehead atoms. The van der Waals surface area contributed by atoms with E-state index in [1.165, 1.54) is 0 Å². The van der Waals surface area contributed by atoms with E-state index in [1.54, 1.807) is 30.6 Å². The van der Waals surface area contributed by atoms with E-state index in [4.69, 9.17) is 5.26 Å². The number of amides is 1. The molecule has 2 rings (SSSR count). The van der Waals surface area contributed by atoms with Gasteiger partial charge in [0, 0.05) is 18.9 Å². The Labute approximate surface area is 98.1 Å². The van der Waals surface area contributed by atoms with Crippen LogP contribution < -0.4 is 5.32 Å². The first kappa shape index (κ1) is 10.9. The molecule has 2 aromatic rings. The highest BCUT2D eigenvalue weighted by atomic mass is 16.1. The van der Waals surface area contributed by atoms with Crippen LogP contribution in [0.5, 0.6) is 0 Å². The topological polar surface area (TPSA) is 81.6 Å². The number of aromatic nitrogens is 2. The highest BCUT2D eigenvalue weighted by Crippen LogP contribution is 2.00. The van der Waals surface area contributed by atoms with Gasteiger partial charge < -0.3 is 10.3 Å². The van der Waals surface area contributed by atoms with Crippen LogP contribution in [0.4, 0.5) is 0 Å². The zero-order chi connectivity index (χ0) is 12.1. The third kappa shape index (κ3) is 2.69. The van der Waals surface area contributed by atoms with Crippen molar-refractivity contribution in [3.05, 3.63) is 53.6 Å². The molecule has 0 aliphatic carbocycles. The molecule has 2 N–H and O–H groups in total. The molecule has 2 aromatic heterocycles. The summed E-state index contributed by atoms with van der Waals surface area (Å²) in [6.07, 6.45) is 3.59. The third-order valence-corrected chi connectivity index (χ3v) is 2.21. The van der Waals surface area contributed by atoms with Crippen LogP contribution in [-0.4, -0.2) is 15.9 Å². The van der Waals surface area contributed by atoms with E-state index >= 15 is 0 Å². The Morgan fingerprint density at radius 2 is 2.35 bits per heavy atom. The largest absolute Gasteiger partial charge is 0.367 e. The number of nitrogens with zero attached hydrogens (tertiary/aromatic N) is 2. The lowest BCUT2D eigenvalue weighted by molar-refractivity contribution is 0.0946. The Hall–Kier alpha value is -2.61. The number of nitrogens with one attached hydrogen (secondary N) is 2. The Morgan fingerprint density at radius 3 is 3.06 bits per heavy atom. The molecule has 0 saturated heterocycles. The number of pyridine rings is 1. The van der Waals surface area contributed by atoms with Gasteiger partial charge in [-0.25, -0.2) is 4.98 Å².